The lowest BCUT2D eigenvalue weighted by molar-refractivity contribution is 0.0969. The molecule has 3 aliphatic carbocycles. The SMILES string of the molecule is C=C1C(=CC=C2CCC[C@@]3(C)C2CC[C@@H]3[C@H](C)C=CC(CCCO[P+](=O)OCC)CCCO[P+](=O)OCC)CC(O[Si](C)(C)C(C)(C)C)CC1O[Si](C)(C)C(C)(C)C. The van der Waals surface area contributed by atoms with Crippen molar-refractivity contribution in [2.45, 2.75) is 188 Å². The van der Waals surface area contributed by atoms with Gasteiger partial charge in [0.05, 0.1) is 12.2 Å². The van der Waals surface area contributed by atoms with Gasteiger partial charge in [-0.15, -0.1) is 18.1 Å². The third-order valence-corrected chi connectivity index (χ3v) is 25.1. The molecule has 0 heterocycles. The van der Waals surface area contributed by atoms with Gasteiger partial charge in [-0.2, -0.15) is 0 Å². The summed E-state index contributed by atoms with van der Waals surface area (Å²) in [5.41, 5.74) is 4.32. The van der Waals surface area contributed by atoms with Crippen molar-refractivity contribution >= 4 is 33.1 Å². The van der Waals surface area contributed by atoms with E-state index in [9.17, 15) is 9.13 Å². The standard InChI is InChI=1S/C46H84O8P2Si2/c1-16-49-55(47)51-31-19-21-37(22-20-32-52-56(48)50-17-2)25-24-35(3)41-28-29-42-38(23-18-30-46(41,42)11)26-27-39-33-40(53-57(12,13)44(5,6)7)34-43(36(39)4)54-58(14,15)45(8,9)10/h24-27,35,37,40-43H,4,16-23,28-34H2,1-3,5-15H3/q+2/t35-,40?,41-,42?,43?,46-/m1/s1. The minimum Gasteiger partial charge on any atom is -0.413 e. The second kappa shape index (κ2) is 22.6. The summed E-state index contributed by atoms with van der Waals surface area (Å²) >= 11 is 0. The highest BCUT2D eigenvalue weighted by molar-refractivity contribution is 7.33. The van der Waals surface area contributed by atoms with Gasteiger partial charge in [-0.25, -0.2) is 0 Å². The van der Waals surface area contributed by atoms with Crippen molar-refractivity contribution in [2.75, 3.05) is 26.4 Å². The van der Waals surface area contributed by atoms with E-state index in [1.54, 1.807) is 5.57 Å². The van der Waals surface area contributed by atoms with E-state index in [1.165, 1.54) is 31.3 Å². The van der Waals surface area contributed by atoms with Crippen molar-refractivity contribution in [2.24, 2.45) is 29.1 Å². The van der Waals surface area contributed by atoms with E-state index in [0.29, 0.717) is 50.1 Å². The van der Waals surface area contributed by atoms with E-state index in [-0.39, 0.29) is 27.7 Å². The Kier molecular flexibility index (Phi) is 20.2. The van der Waals surface area contributed by atoms with Crippen molar-refractivity contribution in [3.05, 3.63) is 47.6 Å². The molecule has 0 aromatic heterocycles. The molecule has 0 amide bonds. The highest BCUT2D eigenvalue weighted by Gasteiger charge is 2.50. The maximum Gasteiger partial charge on any atom is 0.697 e. The highest BCUT2D eigenvalue weighted by atomic mass is 31.1. The second-order valence-electron chi connectivity index (χ2n) is 20.6. The molecule has 58 heavy (non-hydrogen) atoms. The van der Waals surface area contributed by atoms with Gasteiger partial charge in [-0.1, -0.05) is 91.8 Å². The molecule has 3 saturated carbocycles. The summed E-state index contributed by atoms with van der Waals surface area (Å²) in [4.78, 5) is 0. The topological polar surface area (TPSA) is 89.5 Å². The zero-order valence-electron chi connectivity index (χ0n) is 39.2. The van der Waals surface area contributed by atoms with Gasteiger partial charge in [-0.05, 0) is 155 Å². The van der Waals surface area contributed by atoms with Gasteiger partial charge in [0.25, 0.3) is 0 Å². The average molecular weight is 883 g/mol. The largest absolute Gasteiger partial charge is 0.697 e. The van der Waals surface area contributed by atoms with Crippen LogP contribution in [0.25, 0.3) is 0 Å². The number of hydrogen-bond acceptors (Lipinski definition) is 8. The monoisotopic (exact) mass is 883 g/mol. The van der Waals surface area contributed by atoms with Gasteiger partial charge >= 0.3 is 16.5 Å². The Bertz CT molecular complexity index is 1440. The van der Waals surface area contributed by atoms with Crippen LogP contribution in [0.4, 0.5) is 0 Å². The first-order chi connectivity index (χ1) is 27.0. The average Bonchev–Trinajstić information content (AvgIpc) is 3.47. The summed E-state index contributed by atoms with van der Waals surface area (Å²) in [7, 11) is -8.14. The lowest BCUT2D eigenvalue weighted by atomic mass is 9.61. The molecule has 12 heteroatoms. The molecule has 0 bridgehead atoms. The Morgan fingerprint density at radius 1 is 0.828 bits per heavy atom. The van der Waals surface area contributed by atoms with Crippen LogP contribution in [0.1, 0.15) is 140 Å². The van der Waals surface area contributed by atoms with Crippen LogP contribution >= 0.6 is 16.5 Å². The summed E-state index contributed by atoms with van der Waals surface area (Å²) in [6.45, 7) is 38.3. The normalized spacial score (nSPS) is 28.0. The Hall–Kier alpha value is -0.646. The van der Waals surface area contributed by atoms with Crippen molar-refractivity contribution in [1.29, 1.82) is 0 Å². The van der Waals surface area contributed by atoms with Gasteiger partial charge in [-0.3, -0.25) is 0 Å². The molecular weight excluding hydrogens is 799 g/mol. The number of allylic oxidation sites excluding steroid dienone is 5. The van der Waals surface area contributed by atoms with Crippen LogP contribution < -0.4 is 0 Å². The van der Waals surface area contributed by atoms with Crippen LogP contribution in [0.2, 0.25) is 36.3 Å². The maximum atomic E-state index is 11.9. The van der Waals surface area contributed by atoms with Crippen LogP contribution in [-0.2, 0) is 36.1 Å². The third kappa shape index (κ3) is 14.7. The smallest absolute Gasteiger partial charge is 0.413 e. The molecular formula is C46H84O8P2Si2+2. The fourth-order valence-electron chi connectivity index (χ4n) is 8.97. The number of rotatable bonds is 22. The van der Waals surface area contributed by atoms with E-state index in [0.717, 1.165) is 50.5 Å². The predicted octanol–water partition coefficient (Wildman–Crippen LogP) is 15.0. The van der Waals surface area contributed by atoms with Crippen LogP contribution in [0.15, 0.2) is 47.6 Å². The minimum atomic E-state index is -2.07. The summed E-state index contributed by atoms with van der Waals surface area (Å²) in [6, 6.07) is 0. The maximum absolute atomic E-state index is 11.9. The van der Waals surface area contributed by atoms with Crippen LogP contribution in [0.5, 0.6) is 0 Å². The minimum absolute atomic E-state index is 0.0165. The van der Waals surface area contributed by atoms with E-state index in [1.807, 2.05) is 13.8 Å². The molecule has 0 saturated heterocycles. The van der Waals surface area contributed by atoms with Gasteiger partial charge in [0.15, 0.2) is 16.6 Å². The van der Waals surface area contributed by atoms with E-state index in [4.69, 9.17) is 33.5 Å². The van der Waals surface area contributed by atoms with Gasteiger partial charge in [0.2, 0.25) is 0 Å². The van der Waals surface area contributed by atoms with Gasteiger partial charge in [0, 0.05) is 15.6 Å². The molecule has 0 aliphatic heterocycles. The van der Waals surface area contributed by atoms with E-state index < -0.39 is 33.1 Å². The third-order valence-electron chi connectivity index (χ3n) is 14.4. The first kappa shape index (κ1) is 51.7. The lowest BCUT2D eigenvalue weighted by Crippen LogP contribution is -2.49. The van der Waals surface area contributed by atoms with Crippen LogP contribution in [0, 0.1) is 29.1 Å². The molecule has 3 aliphatic rings. The fourth-order valence-corrected chi connectivity index (χ4v) is 12.8. The summed E-state index contributed by atoms with van der Waals surface area (Å²) in [5, 5.41) is 0.264. The number of hydrogen-bond donors (Lipinski definition) is 0. The van der Waals surface area contributed by atoms with E-state index >= 15 is 0 Å². The zero-order chi connectivity index (χ0) is 43.5. The Morgan fingerprint density at radius 2 is 1.38 bits per heavy atom. The van der Waals surface area contributed by atoms with E-state index in [2.05, 4.69) is 106 Å². The molecule has 0 radical (unpaired) electrons. The lowest BCUT2D eigenvalue weighted by Gasteiger charge is -2.45. The molecule has 0 aromatic rings. The fraction of sp³-hybridized carbons (Fsp3) is 0.826. The first-order valence-electron chi connectivity index (χ1n) is 22.5. The molecule has 5 unspecified atom stereocenters. The molecule has 8 nitrogen and oxygen atoms in total. The molecule has 332 valence electrons. The molecule has 0 N–H and O–H groups in total. The molecule has 3 rings (SSSR count). The van der Waals surface area contributed by atoms with Crippen molar-refractivity contribution in [3.63, 3.8) is 0 Å². The molecule has 8 atom stereocenters. The van der Waals surface area contributed by atoms with Crippen molar-refractivity contribution in [1.82, 2.24) is 0 Å². The Labute approximate surface area is 359 Å². The number of fused-ring (bicyclic) bond motifs is 1. The summed E-state index contributed by atoms with van der Waals surface area (Å²) in [5.74, 6) is 1.96. The Morgan fingerprint density at radius 3 is 1.91 bits per heavy atom. The van der Waals surface area contributed by atoms with Crippen LogP contribution in [0.3, 0.4) is 0 Å². The highest BCUT2D eigenvalue weighted by Crippen LogP contribution is 2.59. The van der Waals surface area contributed by atoms with Gasteiger partial charge < -0.3 is 8.85 Å². The summed E-state index contributed by atoms with van der Waals surface area (Å²) < 4.78 is 58.9. The van der Waals surface area contributed by atoms with Gasteiger partial charge in [0.1, 0.15) is 26.4 Å². The second-order valence-corrected chi connectivity index (χ2v) is 32.0. The first-order valence-corrected chi connectivity index (χ1v) is 30.5. The molecule has 0 aromatic carbocycles. The quantitative estimate of drug-likeness (QED) is 0.0460. The van der Waals surface area contributed by atoms with Crippen LogP contribution in [-0.4, -0.2) is 55.3 Å². The van der Waals surface area contributed by atoms with Crippen molar-refractivity contribution in [3.8, 4) is 0 Å². The Balaban J connectivity index is 1.80. The molecule has 0 spiro atoms. The predicted molar refractivity (Wildman–Crippen MR) is 247 cm³/mol. The zero-order valence-corrected chi connectivity index (χ0v) is 43.0. The summed E-state index contributed by atoms with van der Waals surface area (Å²) in [6.07, 6.45) is 21.2. The van der Waals surface area contributed by atoms with Crippen molar-refractivity contribution < 1.29 is 36.1 Å². The molecule has 3 fully saturated rings.